The molecule has 2 aromatic rings. The summed E-state index contributed by atoms with van der Waals surface area (Å²) in [6, 6.07) is 9.08. The van der Waals surface area contributed by atoms with E-state index in [9.17, 15) is 22.8 Å². The van der Waals surface area contributed by atoms with Crippen molar-refractivity contribution in [1.29, 1.82) is 0 Å². The number of amides is 1. The molecule has 0 spiro atoms. The highest BCUT2D eigenvalue weighted by Gasteiger charge is 2.31. The summed E-state index contributed by atoms with van der Waals surface area (Å²) in [7, 11) is 0. The number of benzene rings is 2. The van der Waals surface area contributed by atoms with Crippen molar-refractivity contribution in [3.05, 3.63) is 53.6 Å². The number of Topliss-reactive ketones (excluding diaryl/α,β-unsaturated/α-hetero) is 1. The number of halogens is 3. The number of carbonyl (C=O) groups is 2. The van der Waals surface area contributed by atoms with Gasteiger partial charge in [0.2, 0.25) is 0 Å². The van der Waals surface area contributed by atoms with Crippen molar-refractivity contribution in [3.63, 3.8) is 0 Å². The van der Waals surface area contributed by atoms with Gasteiger partial charge in [0.25, 0.3) is 5.91 Å². The van der Waals surface area contributed by atoms with Crippen LogP contribution < -0.4 is 14.8 Å². The van der Waals surface area contributed by atoms with Crippen molar-refractivity contribution < 1.29 is 32.2 Å². The normalized spacial score (nSPS) is 11.0. The molecule has 0 bridgehead atoms. The van der Waals surface area contributed by atoms with Crippen molar-refractivity contribution in [2.24, 2.45) is 0 Å². The summed E-state index contributed by atoms with van der Waals surface area (Å²) in [5.74, 6) is -0.400. The van der Waals surface area contributed by atoms with E-state index in [1.807, 2.05) is 0 Å². The summed E-state index contributed by atoms with van der Waals surface area (Å²) < 4.78 is 49.2. The highest BCUT2D eigenvalue weighted by Crippen LogP contribution is 2.35. The number of alkyl halides is 3. The van der Waals surface area contributed by atoms with Crippen LogP contribution in [-0.2, 0) is 11.0 Å². The number of nitrogens with one attached hydrogen (secondary N) is 1. The first kappa shape index (κ1) is 20.3. The van der Waals surface area contributed by atoms with E-state index in [1.165, 1.54) is 13.0 Å². The van der Waals surface area contributed by atoms with Gasteiger partial charge in [0, 0.05) is 5.56 Å². The first-order valence-corrected chi connectivity index (χ1v) is 8.08. The molecule has 8 heteroatoms. The Morgan fingerprint density at radius 2 is 1.81 bits per heavy atom. The molecule has 144 valence electrons. The highest BCUT2D eigenvalue weighted by atomic mass is 19.4. The zero-order valence-corrected chi connectivity index (χ0v) is 14.7. The quantitative estimate of drug-likeness (QED) is 0.726. The van der Waals surface area contributed by atoms with Crippen molar-refractivity contribution in [2.75, 3.05) is 18.5 Å². The minimum atomic E-state index is -4.55. The third-order valence-corrected chi connectivity index (χ3v) is 3.49. The van der Waals surface area contributed by atoms with Crippen LogP contribution in [0, 0.1) is 0 Å². The van der Waals surface area contributed by atoms with Gasteiger partial charge in [-0.15, -0.1) is 0 Å². The van der Waals surface area contributed by atoms with Crippen molar-refractivity contribution in [1.82, 2.24) is 0 Å². The molecular weight excluding hydrogens is 363 g/mol. The van der Waals surface area contributed by atoms with Crippen LogP contribution in [0.3, 0.4) is 0 Å². The summed E-state index contributed by atoms with van der Waals surface area (Å²) in [4.78, 5) is 23.4. The summed E-state index contributed by atoms with van der Waals surface area (Å²) in [6.07, 6.45) is -4.55. The molecule has 0 radical (unpaired) electrons. The van der Waals surface area contributed by atoms with Gasteiger partial charge < -0.3 is 14.8 Å². The largest absolute Gasteiger partial charge is 0.492 e. The lowest BCUT2D eigenvalue weighted by molar-refractivity contribution is -0.137. The summed E-state index contributed by atoms with van der Waals surface area (Å²) in [5, 5.41) is 2.36. The summed E-state index contributed by atoms with van der Waals surface area (Å²) >= 11 is 0. The van der Waals surface area contributed by atoms with Crippen LogP contribution >= 0.6 is 0 Å². The lowest BCUT2D eigenvalue weighted by Crippen LogP contribution is -2.21. The Hall–Kier alpha value is -3.03. The van der Waals surface area contributed by atoms with Gasteiger partial charge in [-0.3, -0.25) is 9.59 Å². The van der Waals surface area contributed by atoms with Crippen molar-refractivity contribution in [2.45, 2.75) is 20.0 Å². The number of anilines is 1. The van der Waals surface area contributed by atoms with Gasteiger partial charge in [-0.05, 0) is 44.2 Å². The second kappa shape index (κ2) is 8.57. The molecule has 0 unspecified atom stereocenters. The molecule has 0 heterocycles. The number of carbonyl (C=O) groups excluding carboxylic acids is 2. The number of rotatable bonds is 7. The third kappa shape index (κ3) is 5.73. The highest BCUT2D eigenvalue weighted by molar-refractivity contribution is 5.95. The molecule has 1 amide bonds. The lowest BCUT2D eigenvalue weighted by atomic mass is 10.1. The van der Waals surface area contributed by atoms with Crippen LogP contribution in [0.15, 0.2) is 42.5 Å². The smallest absolute Gasteiger partial charge is 0.416 e. The molecule has 2 aromatic carbocycles. The minimum Gasteiger partial charge on any atom is -0.492 e. The molecule has 0 atom stereocenters. The fourth-order valence-corrected chi connectivity index (χ4v) is 2.23. The Balaban J connectivity index is 2.10. The monoisotopic (exact) mass is 381 g/mol. The number of hydrogen-bond acceptors (Lipinski definition) is 4. The summed E-state index contributed by atoms with van der Waals surface area (Å²) in [6.45, 7) is 2.86. The minimum absolute atomic E-state index is 0.0993. The van der Waals surface area contributed by atoms with Crippen LogP contribution in [0.1, 0.15) is 29.8 Å². The Bertz CT molecular complexity index is 834. The molecular formula is C19H18F3NO4. The zero-order valence-electron chi connectivity index (χ0n) is 14.7. The lowest BCUT2D eigenvalue weighted by Gasteiger charge is -2.15. The maximum atomic E-state index is 12.9. The standard InChI is InChI=1S/C19H18F3NO4/c1-3-26-17-8-7-14(19(20,21)22)10-16(17)23-18(25)11-27-15-6-4-5-13(9-15)12(2)24/h4-10H,3,11H2,1-2H3,(H,23,25). The predicted octanol–water partition coefficient (Wildman–Crippen LogP) is 4.32. The molecule has 0 aliphatic rings. The molecule has 0 aliphatic heterocycles. The molecule has 0 saturated carbocycles. The Morgan fingerprint density at radius 1 is 1.07 bits per heavy atom. The van der Waals surface area contributed by atoms with E-state index >= 15 is 0 Å². The van der Waals surface area contributed by atoms with Crippen LogP contribution in [0.5, 0.6) is 11.5 Å². The molecule has 27 heavy (non-hydrogen) atoms. The van der Waals surface area contributed by atoms with E-state index in [2.05, 4.69) is 5.32 Å². The second-order valence-corrected chi connectivity index (χ2v) is 5.56. The first-order valence-electron chi connectivity index (χ1n) is 8.08. The Labute approximate surface area is 154 Å². The molecule has 2 rings (SSSR count). The maximum Gasteiger partial charge on any atom is 0.416 e. The topological polar surface area (TPSA) is 64.6 Å². The van der Waals surface area contributed by atoms with Gasteiger partial charge in [-0.1, -0.05) is 12.1 Å². The fourth-order valence-electron chi connectivity index (χ4n) is 2.23. The fraction of sp³-hybridized carbons (Fsp3) is 0.263. The van der Waals surface area contributed by atoms with Gasteiger partial charge in [0.05, 0.1) is 17.9 Å². The van der Waals surface area contributed by atoms with Crippen LogP contribution in [-0.4, -0.2) is 24.9 Å². The first-order chi connectivity index (χ1) is 12.7. The van der Waals surface area contributed by atoms with Gasteiger partial charge in [0.15, 0.2) is 12.4 Å². The van der Waals surface area contributed by atoms with Gasteiger partial charge in [-0.25, -0.2) is 0 Å². The second-order valence-electron chi connectivity index (χ2n) is 5.56. The van der Waals surface area contributed by atoms with Crippen LogP contribution in [0.4, 0.5) is 18.9 Å². The van der Waals surface area contributed by atoms with Gasteiger partial charge in [-0.2, -0.15) is 13.2 Å². The van der Waals surface area contributed by atoms with Gasteiger partial charge >= 0.3 is 6.18 Å². The van der Waals surface area contributed by atoms with E-state index in [1.54, 1.807) is 25.1 Å². The van der Waals surface area contributed by atoms with Crippen molar-refractivity contribution >= 4 is 17.4 Å². The Kier molecular flexibility index (Phi) is 6.44. The van der Waals surface area contributed by atoms with E-state index in [4.69, 9.17) is 9.47 Å². The third-order valence-electron chi connectivity index (χ3n) is 3.49. The van der Waals surface area contributed by atoms with Gasteiger partial charge in [0.1, 0.15) is 11.5 Å². The average molecular weight is 381 g/mol. The SMILES string of the molecule is CCOc1ccc(C(F)(F)F)cc1NC(=O)COc1cccc(C(C)=O)c1. The van der Waals surface area contributed by atoms with E-state index in [0.29, 0.717) is 11.3 Å². The van der Waals surface area contributed by atoms with Crippen LogP contribution in [0.2, 0.25) is 0 Å². The van der Waals surface area contributed by atoms with Crippen molar-refractivity contribution in [3.8, 4) is 11.5 Å². The summed E-state index contributed by atoms with van der Waals surface area (Å²) in [5.41, 5.74) is -0.585. The molecule has 5 nitrogen and oxygen atoms in total. The van der Waals surface area contributed by atoms with E-state index < -0.39 is 24.3 Å². The number of ketones is 1. The molecule has 0 aliphatic carbocycles. The van der Waals surface area contributed by atoms with E-state index in [0.717, 1.165) is 18.2 Å². The molecule has 1 N–H and O–H groups in total. The number of ether oxygens (including phenoxy) is 2. The molecule has 0 aromatic heterocycles. The average Bonchev–Trinajstić information content (AvgIpc) is 2.61. The molecule has 0 fully saturated rings. The predicted molar refractivity (Wildman–Crippen MR) is 93.2 cm³/mol. The molecule has 0 saturated heterocycles. The Morgan fingerprint density at radius 3 is 2.44 bits per heavy atom. The van der Waals surface area contributed by atoms with Crippen LogP contribution in [0.25, 0.3) is 0 Å². The number of hydrogen-bond donors (Lipinski definition) is 1. The van der Waals surface area contributed by atoms with E-state index in [-0.39, 0.29) is 23.8 Å². The zero-order chi connectivity index (χ0) is 20.0. The maximum absolute atomic E-state index is 12.9.